The molecule has 0 aliphatic rings. The van der Waals surface area contributed by atoms with Gasteiger partial charge in [0.25, 0.3) is 0 Å². The predicted molar refractivity (Wildman–Crippen MR) is 114 cm³/mol. The quantitative estimate of drug-likeness (QED) is 0.458. The van der Waals surface area contributed by atoms with E-state index in [1.54, 1.807) is 47.3 Å². The minimum atomic E-state index is 0.402. The van der Waals surface area contributed by atoms with Gasteiger partial charge in [0, 0.05) is 27.5 Å². The summed E-state index contributed by atoms with van der Waals surface area (Å²) in [4.78, 5) is 0. The van der Waals surface area contributed by atoms with Gasteiger partial charge in [-0.25, -0.2) is 0 Å². The molecule has 0 saturated carbocycles. The Bertz CT molecular complexity index is 937. The molecule has 134 valence electrons. The van der Waals surface area contributed by atoms with Gasteiger partial charge in [0.05, 0.1) is 28.5 Å². The maximum atomic E-state index is 6.19. The van der Waals surface area contributed by atoms with Gasteiger partial charge in [0.1, 0.15) is 0 Å². The Morgan fingerprint density at radius 2 is 1.62 bits per heavy atom. The van der Waals surface area contributed by atoms with Crippen LogP contribution in [0.15, 0.2) is 48.8 Å². The molecule has 1 heterocycles. The highest BCUT2D eigenvalue weighted by Gasteiger charge is 2.08. The van der Waals surface area contributed by atoms with Crippen molar-refractivity contribution in [1.82, 2.24) is 9.78 Å². The first-order valence-electron chi connectivity index (χ1n) is 7.41. The standard InChI is InChI=1S/C17H12Cl4N4S/c18-13-2-1-3-14(19)12(13)9-25-8-11(7-22-25)24-17(26)23-10-4-5-15(20)16(21)6-10/h1-8H,9H2,(H2,23,24,26). The molecule has 0 unspecified atom stereocenters. The molecule has 2 N–H and O–H groups in total. The summed E-state index contributed by atoms with van der Waals surface area (Å²) in [7, 11) is 0. The lowest BCUT2D eigenvalue weighted by Gasteiger charge is -2.10. The lowest BCUT2D eigenvalue weighted by atomic mass is 10.2. The fraction of sp³-hybridized carbons (Fsp3) is 0.0588. The van der Waals surface area contributed by atoms with Crippen LogP contribution in [0.2, 0.25) is 20.1 Å². The van der Waals surface area contributed by atoms with Crippen molar-refractivity contribution in [2.24, 2.45) is 0 Å². The highest BCUT2D eigenvalue weighted by molar-refractivity contribution is 7.80. The van der Waals surface area contributed by atoms with Gasteiger partial charge in [0.15, 0.2) is 5.11 Å². The average molecular weight is 446 g/mol. The van der Waals surface area contributed by atoms with E-state index in [4.69, 9.17) is 58.6 Å². The average Bonchev–Trinajstić information content (AvgIpc) is 3.01. The van der Waals surface area contributed by atoms with Crippen LogP contribution in [-0.4, -0.2) is 14.9 Å². The van der Waals surface area contributed by atoms with Crippen molar-refractivity contribution < 1.29 is 0 Å². The van der Waals surface area contributed by atoms with Crippen molar-refractivity contribution in [2.45, 2.75) is 6.54 Å². The zero-order valence-electron chi connectivity index (χ0n) is 13.1. The van der Waals surface area contributed by atoms with E-state index in [9.17, 15) is 0 Å². The van der Waals surface area contributed by atoms with Crippen molar-refractivity contribution in [1.29, 1.82) is 0 Å². The molecular formula is C17H12Cl4N4S. The fourth-order valence-corrected chi connectivity index (χ4v) is 3.28. The van der Waals surface area contributed by atoms with Crippen LogP contribution in [-0.2, 0) is 6.54 Å². The summed E-state index contributed by atoms with van der Waals surface area (Å²) in [6.07, 6.45) is 3.47. The van der Waals surface area contributed by atoms with E-state index in [-0.39, 0.29) is 0 Å². The lowest BCUT2D eigenvalue weighted by molar-refractivity contribution is 0.687. The highest BCUT2D eigenvalue weighted by atomic mass is 35.5. The van der Waals surface area contributed by atoms with E-state index in [1.165, 1.54) is 0 Å². The van der Waals surface area contributed by atoms with E-state index in [0.29, 0.717) is 31.7 Å². The van der Waals surface area contributed by atoms with Crippen LogP contribution in [0.3, 0.4) is 0 Å². The Morgan fingerprint density at radius 3 is 2.31 bits per heavy atom. The maximum absolute atomic E-state index is 6.19. The minimum Gasteiger partial charge on any atom is -0.332 e. The predicted octanol–water partition coefficient (Wildman–Crippen LogP) is 6.35. The highest BCUT2D eigenvalue weighted by Crippen LogP contribution is 2.26. The topological polar surface area (TPSA) is 41.9 Å². The van der Waals surface area contributed by atoms with E-state index in [1.807, 2.05) is 6.20 Å². The largest absolute Gasteiger partial charge is 0.332 e. The molecule has 0 aliphatic heterocycles. The fourth-order valence-electron chi connectivity index (χ4n) is 2.23. The van der Waals surface area contributed by atoms with Crippen molar-refractivity contribution in [3.63, 3.8) is 0 Å². The van der Waals surface area contributed by atoms with Gasteiger partial charge in [-0.3, -0.25) is 4.68 Å². The number of nitrogens with zero attached hydrogens (tertiary/aromatic N) is 2. The molecule has 3 rings (SSSR count). The van der Waals surface area contributed by atoms with Crippen molar-refractivity contribution in [3.8, 4) is 0 Å². The molecule has 3 aromatic rings. The summed E-state index contributed by atoms with van der Waals surface area (Å²) in [6.45, 7) is 0.452. The molecule has 0 amide bonds. The molecule has 2 aromatic carbocycles. The summed E-state index contributed by atoms with van der Waals surface area (Å²) in [5.74, 6) is 0. The number of aromatic nitrogens is 2. The Balaban J connectivity index is 1.64. The monoisotopic (exact) mass is 444 g/mol. The Kier molecular flexibility index (Phi) is 6.27. The number of halogens is 4. The van der Waals surface area contributed by atoms with Crippen LogP contribution in [0.25, 0.3) is 0 Å². The van der Waals surface area contributed by atoms with Gasteiger partial charge in [0.2, 0.25) is 0 Å². The smallest absolute Gasteiger partial charge is 0.175 e. The second-order valence-electron chi connectivity index (χ2n) is 5.33. The van der Waals surface area contributed by atoms with E-state index in [2.05, 4.69) is 15.7 Å². The Labute approximate surface area is 176 Å². The number of anilines is 2. The lowest BCUT2D eigenvalue weighted by Crippen LogP contribution is -2.18. The van der Waals surface area contributed by atoms with Gasteiger partial charge in [-0.15, -0.1) is 0 Å². The minimum absolute atomic E-state index is 0.402. The number of nitrogens with one attached hydrogen (secondary N) is 2. The van der Waals surface area contributed by atoms with Crippen molar-refractivity contribution in [2.75, 3.05) is 10.6 Å². The number of hydrogen-bond acceptors (Lipinski definition) is 2. The Hall–Kier alpha value is -1.50. The van der Waals surface area contributed by atoms with Gasteiger partial charge in [-0.2, -0.15) is 5.10 Å². The first-order chi connectivity index (χ1) is 12.4. The molecular weight excluding hydrogens is 434 g/mol. The van der Waals surface area contributed by atoms with E-state index in [0.717, 1.165) is 16.9 Å². The van der Waals surface area contributed by atoms with Crippen LogP contribution in [0.4, 0.5) is 11.4 Å². The summed E-state index contributed by atoms with van der Waals surface area (Å²) in [5.41, 5.74) is 2.26. The zero-order valence-corrected chi connectivity index (χ0v) is 17.0. The van der Waals surface area contributed by atoms with Crippen LogP contribution < -0.4 is 10.6 Å². The summed E-state index contributed by atoms with van der Waals surface area (Å²) in [5, 5.41) is 12.9. The van der Waals surface area contributed by atoms with E-state index >= 15 is 0 Å². The molecule has 1 aromatic heterocycles. The van der Waals surface area contributed by atoms with Crippen molar-refractivity contribution >= 4 is 75.1 Å². The SMILES string of the molecule is S=C(Nc1ccc(Cl)c(Cl)c1)Nc1cnn(Cc2c(Cl)cccc2Cl)c1. The Morgan fingerprint density at radius 1 is 0.923 bits per heavy atom. The maximum Gasteiger partial charge on any atom is 0.175 e. The zero-order chi connectivity index (χ0) is 18.7. The van der Waals surface area contributed by atoms with Gasteiger partial charge in [-0.1, -0.05) is 52.5 Å². The summed E-state index contributed by atoms with van der Waals surface area (Å²) in [6, 6.07) is 10.6. The molecule has 0 radical (unpaired) electrons. The normalized spacial score (nSPS) is 10.6. The second-order valence-corrected chi connectivity index (χ2v) is 7.37. The van der Waals surface area contributed by atoms with Gasteiger partial charge in [-0.05, 0) is 42.5 Å². The molecule has 26 heavy (non-hydrogen) atoms. The number of rotatable bonds is 4. The summed E-state index contributed by atoms with van der Waals surface area (Å²) < 4.78 is 1.72. The molecule has 0 spiro atoms. The molecule has 9 heteroatoms. The second kappa shape index (κ2) is 8.46. The molecule has 4 nitrogen and oxygen atoms in total. The van der Waals surface area contributed by atoms with Crippen LogP contribution in [0.5, 0.6) is 0 Å². The van der Waals surface area contributed by atoms with Crippen LogP contribution in [0.1, 0.15) is 5.56 Å². The van der Waals surface area contributed by atoms with Crippen LogP contribution >= 0.6 is 58.6 Å². The van der Waals surface area contributed by atoms with Gasteiger partial charge < -0.3 is 10.6 Å². The first-order valence-corrected chi connectivity index (χ1v) is 9.33. The molecule has 0 atom stereocenters. The third-order valence-corrected chi connectivity index (χ3v) is 5.10. The van der Waals surface area contributed by atoms with Crippen LogP contribution in [0, 0.1) is 0 Å². The van der Waals surface area contributed by atoms with Gasteiger partial charge >= 0.3 is 0 Å². The number of thiocarbonyl (C=S) groups is 1. The van der Waals surface area contributed by atoms with E-state index < -0.39 is 0 Å². The molecule has 0 bridgehead atoms. The molecule has 0 saturated heterocycles. The molecule has 0 aliphatic carbocycles. The summed E-state index contributed by atoms with van der Waals surface area (Å²) >= 11 is 29.6. The number of hydrogen-bond donors (Lipinski definition) is 2. The third-order valence-electron chi connectivity index (χ3n) is 3.45. The number of benzene rings is 2. The van der Waals surface area contributed by atoms with Crippen molar-refractivity contribution in [3.05, 3.63) is 74.4 Å². The first kappa shape index (κ1) is 19.3. The molecule has 0 fully saturated rings. The third kappa shape index (κ3) is 4.81.